The largest absolute Gasteiger partial charge is 0.496 e. The highest BCUT2D eigenvalue weighted by Gasteiger charge is 2.47. The Labute approximate surface area is 134 Å². The van der Waals surface area contributed by atoms with Crippen molar-refractivity contribution >= 4 is 17.7 Å². The monoisotopic (exact) mass is 320 g/mol. The van der Waals surface area contributed by atoms with Gasteiger partial charge in [-0.2, -0.15) is 0 Å². The molecule has 1 aliphatic rings. The number of amides is 3. The van der Waals surface area contributed by atoms with E-state index in [1.165, 1.54) is 21.1 Å². The van der Waals surface area contributed by atoms with Crippen LogP contribution in [-0.4, -0.2) is 49.0 Å². The van der Waals surface area contributed by atoms with Crippen LogP contribution in [0.2, 0.25) is 0 Å². The van der Waals surface area contributed by atoms with Crippen molar-refractivity contribution in [2.45, 2.75) is 25.9 Å². The predicted molar refractivity (Wildman–Crippen MR) is 82.4 cm³/mol. The maximum Gasteiger partial charge on any atom is 0.325 e. The maximum absolute atomic E-state index is 12.5. The van der Waals surface area contributed by atoms with Gasteiger partial charge in [0.1, 0.15) is 11.3 Å². The number of imide groups is 1. The number of hydrogen-bond donors (Lipinski definition) is 1. The van der Waals surface area contributed by atoms with Crippen molar-refractivity contribution in [3.8, 4) is 5.75 Å². The second kappa shape index (κ2) is 6.37. The molecule has 0 radical (unpaired) electrons. The van der Waals surface area contributed by atoms with Gasteiger partial charge in [-0.3, -0.25) is 14.5 Å². The van der Waals surface area contributed by atoms with Crippen LogP contribution in [0.3, 0.4) is 0 Å². The van der Waals surface area contributed by atoms with Gasteiger partial charge in [-0.05, 0) is 32.0 Å². The van der Waals surface area contributed by atoms with E-state index < -0.39 is 11.6 Å². The normalized spacial score (nSPS) is 20.6. The number of urea groups is 1. The van der Waals surface area contributed by atoms with Crippen molar-refractivity contribution in [2.24, 2.45) is 0 Å². The summed E-state index contributed by atoms with van der Waals surface area (Å²) in [5, 5.41) is 2.63. The van der Waals surface area contributed by atoms with Crippen LogP contribution in [0.4, 0.5) is 4.79 Å². The quantitative estimate of drug-likeness (QED) is 0.632. The molecule has 1 heterocycles. The Hall–Kier alpha value is -2.41. The fourth-order valence-electron chi connectivity index (χ4n) is 2.57. The van der Waals surface area contributed by atoms with Crippen LogP contribution in [0.15, 0.2) is 18.2 Å². The standard InChI is InChI=1S/C16H20N2O5/c1-10(19)11-5-6-13(23-4)12(7-11)8-18-14(20)16(2,9-22-3)17-15(18)21/h5-7H,8-9H2,1-4H3,(H,17,21). The third kappa shape index (κ3) is 3.19. The number of ether oxygens (including phenoxy) is 2. The van der Waals surface area contributed by atoms with Crippen molar-refractivity contribution < 1.29 is 23.9 Å². The minimum absolute atomic E-state index is 0.0221. The number of rotatable bonds is 6. The minimum atomic E-state index is -1.09. The third-order valence-corrected chi connectivity index (χ3v) is 3.79. The van der Waals surface area contributed by atoms with E-state index in [1.807, 2.05) is 0 Å². The first-order valence-electron chi connectivity index (χ1n) is 7.13. The zero-order valence-electron chi connectivity index (χ0n) is 13.6. The summed E-state index contributed by atoms with van der Waals surface area (Å²) in [7, 11) is 2.96. The van der Waals surface area contributed by atoms with Crippen molar-refractivity contribution in [1.82, 2.24) is 10.2 Å². The van der Waals surface area contributed by atoms with E-state index in [4.69, 9.17) is 9.47 Å². The molecule has 7 nitrogen and oxygen atoms in total. The number of nitrogens with one attached hydrogen (secondary N) is 1. The lowest BCUT2D eigenvalue weighted by molar-refractivity contribution is -0.132. The Morgan fingerprint density at radius 3 is 2.57 bits per heavy atom. The van der Waals surface area contributed by atoms with E-state index >= 15 is 0 Å². The highest BCUT2D eigenvalue weighted by atomic mass is 16.5. The molecular weight excluding hydrogens is 300 g/mol. The lowest BCUT2D eigenvalue weighted by Gasteiger charge is -2.21. The van der Waals surface area contributed by atoms with Gasteiger partial charge in [-0.15, -0.1) is 0 Å². The first kappa shape index (κ1) is 17.0. The molecule has 1 aromatic rings. The van der Waals surface area contributed by atoms with Gasteiger partial charge in [-0.1, -0.05) is 0 Å². The zero-order valence-corrected chi connectivity index (χ0v) is 13.6. The van der Waals surface area contributed by atoms with Crippen molar-refractivity contribution in [3.05, 3.63) is 29.3 Å². The van der Waals surface area contributed by atoms with Crippen molar-refractivity contribution in [2.75, 3.05) is 20.8 Å². The molecule has 23 heavy (non-hydrogen) atoms. The van der Waals surface area contributed by atoms with E-state index in [1.54, 1.807) is 25.1 Å². The Kier molecular flexibility index (Phi) is 4.70. The average Bonchev–Trinajstić information content (AvgIpc) is 2.70. The van der Waals surface area contributed by atoms with E-state index in [0.29, 0.717) is 16.9 Å². The second-order valence-corrected chi connectivity index (χ2v) is 5.67. The van der Waals surface area contributed by atoms with Gasteiger partial charge in [-0.25, -0.2) is 4.79 Å². The molecule has 0 spiro atoms. The van der Waals surface area contributed by atoms with Crippen LogP contribution in [0.1, 0.15) is 29.8 Å². The van der Waals surface area contributed by atoms with Crippen LogP contribution < -0.4 is 10.1 Å². The molecule has 2 rings (SSSR count). The molecule has 1 unspecified atom stereocenters. The molecule has 1 saturated heterocycles. The molecule has 1 fully saturated rings. The summed E-state index contributed by atoms with van der Waals surface area (Å²) in [5.74, 6) is 0.0332. The van der Waals surface area contributed by atoms with Crippen LogP contribution in [-0.2, 0) is 16.1 Å². The van der Waals surface area contributed by atoms with E-state index in [9.17, 15) is 14.4 Å². The number of hydrogen-bond acceptors (Lipinski definition) is 5. The smallest absolute Gasteiger partial charge is 0.325 e. The van der Waals surface area contributed by atoms with Crippen molar-refractivity contribution in [1.29, 1.82) is 0 Å². The second-order valence-electron chi connectivity index (χ2n) is 5.67. The van der Waals surface area contributed by atoms with E-state index in [-0.39, 0.29) is 24.8 Å². The molecule has 1 aliphatic heterocycles. The number of carbonyl (C=O) groups excluding carboxylic acids is 3. The van der Waals surface area contributed by atoms with Crippen LogP contribution in [0.25, 0.3) is 0 Å². The Bertz CT molecular complexity index is 658. The van der Waals surface area contributed by atoms with Gasteiger partial charge in [0.15, 0.2) is 5.78 Å². The summed E-state index contributed by atoms with van der Waals surface area (Å²) in [6, 6.07) is 4.43. The molecule has 7 heteroatoms. The molecule has 0 aromatic heterocycles. The van der Waals surface area contributed by atoms with E-state index in [0.717, 1.165) is 4.90 Å². The number of carbonyl (C=O) groups is 3. The average molecular weight is 320 g/mol. The van der Waals surface area contributed by atoms with Gasteiger partial charge < -0.3 is 14.8 Å². The number of benzene rings is 1. The summed E-state index contributed by atoms with van der Waals surface area (Å²) in [5.41, 5.74) is -0.00469. The van der Waals surface area contributed by atoms with Crippen LogP contribution >= 0.6 is 0 Å². The minimum Gasteiger partial charge on any atom is -0.496 e. The molecule has 0 bridgehead atoms. The molecule has 0 saturated carbocycles. The lowest BCUT2D eigenvalue weighted by atomic mass is 10.0. The molecule has 0 aliphatic carbocycles. The van der Waals surface area contributed by atoms with Crippen molar-refractivity contribution in [3.63, 3.8) is 0 Å². The fourth-order valence-corrected chi connectivity index (χ4v) is 2.57. The summed E-state index contributed by atoms with van der Waals surface area (Å²) >= 11 is 0. The Balaban J connectivity index is 2.31. The molecule has 1 aromatic carbocycles. The molecule has 1 atom stereocenters. The summed E-state index contributed by atoms with van der Waals surface area (Å²) in [6.07, 6.45) is 0. The topological polar surface area (TPSA) is 84.9 Å². The van der Waals surface area contributed by atoms with Gasteiger partial charge >= 0.3 is 6.03 Å². The fraction of sp³-hybridized carbons (Fsp3) is 0.438. The van der Waals surface area contributed by atoms with Gasteiger partial charge in [0.25, 0.3) is 5.91 Å². The Morgan fingerprint density at radius 2 is 2.00 bits per heavy atom. The summed E-state index contributed by atoms with van der Waals surface area (Å²) in [6.45, 7) is 3.17. The SMILES string of the molecule is COCC1(C)NC(=O)N(Cc2cc(C(C)=O)ccc2OC)C1=O. The van der Waals surface area contributed by atoms with Crippen LogP contribution in [0.5, 0.6) is 5.75 Å². The molecule has 3 amide bonds. The predicted octanol–water partition coefficient (Wildman–Crippen LogP) is 1.35. The first-order chi connectivity index (χ1) is 10.8. The first-order valence-corrected chi connectivity index (χ1v) is 7.13. The van der Waals surface area contributed by atoms with Gasteiger partial charge in [0.2, 0.25) is 0 Å². The summed E-state index contributed by atoms with van der Waals surface area (Å²) in [4.78, 5) is 37.3. The van der Waals surface area contributed by atoms with Gasteiger partial charge in [0, 0.05) is 18.2 Å². The zero-order chi connectivity index (χ0) is 17.2. The number of nitrogens with zero attached hydrogens (tertiary/aromatic N) is 1. The van der Waals surface area contributed by atoms with Gasteiger partial charge in [0.05, 0.1) is 20.3 Å². The molecule has 1 N–H and O–H groups in total. The number of ketones is 1. The lowest BCUT2D eigenvalue weighted by Crippen LogP contribution is -2.47. The number of methoxy groups -OCH3 is 2. The highest BCUT2D eigenvalue weighted by Crippen LogP contribution is 2.26. The van der Waals surface area contributed by atoms with Crippen LogP contribution in [0, 0.1) is 0 Å². The Morgan fingerprint density at radius 1 is 1.30 bits per heavy atom. The molecular formula is C16H20N2O5. The van der Waals surface area contributed by atoms with E-state index in [2.05, 4.69) is 5.32 Å². The summed E-state index contributed by atoms with van der Waals surface area (Å²) < 4.78 is 10.3. The third-order valence-electron chi connectivity index (χ3n) is 3.79. The maximum atomic E-state index is 12.5. The molecule has 124 valence electrons. The number of Topliss-reactive ketones (excluding diaryl/α,β-unsaturated/α-hetero) is 1. The highest BCUT2D eigenvalue weighted by molar-refractivity contribution is 6.06.